The first kappa shape index (κ1) is 15.0. The van der Waals surface area contributed by atoms with Gasteiger partial charge in [-0.25, -0.2) is 5.06 Å². The lowest BCUT2D eigenvalue weighted by Crippen LogP contribution is -2.46. The van der Waals surface area contributed by atoms with E-state index in [1.807, 2.05) is 17.1 Å². The SMILES string of the molecule is CON(C)C(=O)[C@H]1CC=CC[C@H]1C(=O)N1CCCCC1. The van der Waals surface area contributed by atoms with Crippen LogP contribution in [0.4, 0.5) is 0 Å². The average Bonchev–Trinajstić information content (AvgIpc) is 2.53. The predicted octanol–water partition coefficient (Wildman–Crippen LogP) is 1.60. The first-order valence-corrected chi connectivity index (χ1v) is 7.40. The van der Waals surface area contributed by atoms with Gasteiger partial charge in [-0.1, -0.05) is 12.2 Å². The highest BCUT2D eigenvalue weighted by molar-refractivity contribution is 5.88. The predicted molar refractivity (Wildman–Crippen MR) is 75.6 cm³/mol. The summed E-state index contributed by atoms with van der Waals surface area (Å²) in [4.78, 5) is 31.9. The lowest BCUT2D eigenvalue weighted by atomic mass is 9.81. The molecule has 0 aromatic carbocycles. The van der Waals surface area contributed by atoms with Gasteiger partial charge in [-0.3, -0.25) is 14.4 Å². The number of carbonyl (C=O) groups is 2. The molecular weight excluding hydrogens is 256 g/mol. The van der Waals surface area contributed by atoms with E-state index in [1.54, 1.807) is 7.05 Å². The van der Waals surface area contributed by atoms with Gasteiger partial charge < -0.3 is 4.90 Å². The van der Waals surface area contributed by atoms with Gasteiger partial charge in [0.05, 0.1) is 18.9 Å². The number of likely N-dealkylation sites (tertiary alicyclic amines) is 1. The molecule has 0 bridgehead atoms. The van der Waals surface area contributed by atoms with Gasteiger partial charge in [0.15, 0.2) is 0 Å². The van der Waals surface area contributed by atoms with Gasteiger partial charge in [0, 0.05) is 20.1 Å². The summed E-state index contributed by atoms with van der Waals surface area (Å²) in [5.41, 5.74) is 0. The minimum atomic E-state index is -0.292. The molecule has 2 atom stereocenters. The smallest absolute Gasteiger partial charge is 0.250 e. The van der Waals surface area contributed by atoms with Gasteiger partial charge in [-0.2, -0.15) is 0 Å². The van der Waals surface area contributed by atoms with Crippen LogP contribution in [-0.4, -0.2) is 49.0 Å². The number of piperidine rings is 1. The molecule has 0 N–H and O–H groups in total. The molecular formula is C15H24N2O3. The highest BCUT2D eigenvalue weighted by Crippen LogP contribution is 2.29. The van der Waals surface area contributed by atoms with E-state index in [4.69, 9.17) is 4.84 Å². The molecule has 0 aromatic rings. The molecule has 0 unspecified atom stereocenters. The molecule has 1 aliphatic carbocycles. The maximum Gasteiger partial charge on any atom is 0.250 e. The van der Waals surface area contributed by atoms with Crippen LogP contribution >= 0.6 is 0 Å². The number of carbonyl (C=O) groups excluding carboxylic acids is 2. The summed E-state index contributed by atoms with van der Waals surface area (Å²) in [6.45, 7) is 1.67. The van der Waals surface area contributed by atoms with Crippen LogP contribution in [0.5, 0.6) is 0 Å². The summed E-state index contributed by atoms with van der Waals surface area (Å²) in [6, 6.07) is 0. The van der Waals surface area contributed by atoms with E-state index in [1.165, 1.54) is 18.6 Å². The second-order valence-electron chi connectivity index (χ2n) is 5.56. The van der Waals surface area contributed by atoms with Crippen molar-refractivity contribution in [3.63, 3.8) is 0 Å². The Hall–Kier alpha value is -1.36. The van der Waals surface area contributed by atoms with Crippen LogP contribution in [-0.2, 0) is 14.4 Å². The number of nitrogens with zero attached hydrogens (tertiary/aromatic N) is 2. The van der Waals surface area contributed by atoms with E-state index < -0.39 is 0 Å². The topological polar surface area (TPSA) is 49.9 Å². The summed E-state index contributed by atoms with van der Waals surface area (Å²) >= 11 is 0. The Balaban J connectivity index is 2.08. The molecule has 1 heterocycles. The van der Waals surface area contributed by atoms with E-state index in [0.717, 1.165) is 25.9 Å². The maximum absolute atomic E-state index is 12.7. The summed E-state index contributed by atoms with van der Waals surface area (Å²) in [5.74, 6) is -0.494. The molecule has 0 aromatic heterocycles. The Kier molecular flexibility index (Phi) is 5.17. The maximum atomic E-state index is 12.7. The highest BCUT2D eigenvalue weighted by Gasteiger charge is 2.38. The fourth-order valence-corrected chi connectivity index (χ4v) is 3.03. The van der Waals surface area contributed by atoms with Crippen molar-refractivity contribution in [1.29, 1.82) is 0 Å². The summed E-state index contributed by atoms with van der Waals surface area (Å²) in [6.07, 6.45) is 8.63. The van der Waals surface area contributed by atoms with Crippen molar-refractivity contribution in [2.24, 2.45) is 11.8 Å². The zero-order valence-electron chi connectivity index (χ0n) is 12.4. The standard InChI is InChI=1S/C15H24N2O3/c1-16(20-2)14(18)12-8-4-5-9-13(12)15(19)17-10-6-3-7-11-17/h4-5,12-13H,3,6-11H2,1-2H3/t12-,13+/m0/s1. The first-order chi connectivity index (χ1) is 9.65. The van der Waals surface area contributed by atoms with Gasteiger partial charge in [-0.15, -0.1) is 0 Å². The number of allylic oxidation sites excluding steroid dienone is 2. The van der Waals surface area contributed by atoms with Crippen molar-refractivity contribution in [3.05, 3.63) is 12.2 Å². The molecule has 1 saturated heterocycles. The van der Waals surface area contributed by atoms with E-state index >= 15 is 0 Å². The molecule has 0 spiro atoms. The molecule has 2 aliphatic rings. The number of amides is 2. The van der Waals surface area contributed by atoms with Crippen LogP contribution < -0.4 is 0 Å². The molecule has 112 valence electrons. The van der Waals surface area contributed by atoms with Crippen molar-refractivity contribution in [3.8, 4) is 0 Å². The van der Waals surface area contributed by atoms with Crippen LogP contribution in [0.15, 0.2) is 12.2 Å². The Morgan fingerprint density at radius 1 is 1.10 bits per heavy atom. The van der Waals surface area contributed by atoms with Gasteiger partial charge >= 0.3 is 0 Å². The Morgan fingerprint density at radius 3 is 2.30 bits per heavy atom. The summed E-state index contributed by atoms with van der Waals surface area (Å²) < 4.78 is 0. The van der Waals surface area contributed by atoms with Crippen molar-refractivity contribution >= 4 is 11.8 Å². The second kappa shape index (κ2) is 6.88. The molecule has 5 nitrogen and oxygen atoms in total. The van der Waals surface area contributed by atoms with Crippen LogP contribution in [0.25, 0.3) is 0 Å². The number of hydrogen-bond donors (Lipinski definition) is 0. The van der Waals surface area contributed by atoms with Crippen molar-refractivity contribution in [2.75, 3.05) is 27.2 Å². The minimum absolute atomic E-state index is 0.104. The second-order valence-corrected chi connectivity index (χ2v) is 5.56. The fraction of sp³-hybridized carbons (Fsp3) is 0.733. The van der Waals surface area contributed by atoms with Crippen molar-refractivity contribution in [2.45, 2.75) is 32.1 Å². The average molecular weight is 280 g/mol. The Labute approximate surface area is 120 Å². The summed E-state index contributed by atoms with van der Waals surface area (Å²) in [5, 5.41) is 1.24. The Bertz CT molecular complexity index is 389. The van der Waals surface area contributed by atoms with E-state index in [-0.39, 0.29) is 23.7 Å². The summed E-state index contributed by atoms with van der Waals surface area (Å²) in [7, 11) is 3.07. The van der Waals surface area contributed by atoms with E-state index in [9.17, 15) is 9.59 Å². The largest absolute Gasteiger partial charge is 0.342 e. The van der Waals surface area contributed by atoms with Crippen LogP contribution in [0.3, 0.4) is 0 Å². The first-order valence-electron chi connectivity index (χ1n) is 7.40. The number of rotatable bonds is 3. The third kappa shape index (κ3) is 3.20. The molecule has 5 heteroatoms. The molecule has 2 amide bonds. The van der Waals surface area contributed by atoms with E-state index in [0.29, 0.717) is 12.8 Å². The third-order valence-electron chi connectivity index (χ3n) is 4.32. The van der Waals surface area contributed by atoms with Crippen LogP contribution in [0, 0.1) is 11.8 Å². The van der Waals surface area contributed by atoms with Crippen LogP contribution in [0.1, 0.15) is 32.1 Å². The number of hydroxylamine groups is 2. The lowest BCUT2D eigenvalue weighted by molar-refractivity contribution is -0.177. The zero-order chi connectivity index (χ0) is 14.5. The number of hydrogen-bond acceptors (Lipinski definition) is 3. The Morgan fingerprint density at radius 2 is 1.70 bits per heavy atom. The van der Waals surface area contributed by atoms with Gasteiger partial charge in [0.25, 0.3) is 0 Å². The minimum Gasteiger partial charge on any atom is -0.342 e. The molecule has 1 aliphatic heterocycles. The molecule has 0 radical (unpaired) electrons. The van der Waals surface area contributed by atoms with Gasteiger partial charge in [-0.05, 0) is 32.1 Å². The quantitative estimate of drug-likeness (QED) is 0.583. The highest BCUT2D eigenvalue weighted by atomic mass is 16.7. The molecule has 1 fully saturated rings. The van der Waals surface area contributed by atoms with Gasteiger partial charge in [0.2, 0.25) is 11.8 Å². The van der Waals surface area contributed by atoms with Crippen molar-refractivity contribution in [1.82, 2.24) is 9.96 Å². The monoisotopic (exact) mass is 280 g/mol. The molecule has 20 heavy (non-hydrogen) atoms. The van der Waals surface area contributed by atoms with Gasteiger partial charge in [0.1, 0.15) is 0 Å². The zero-order valence-corrected chi connectivity index (χ0v) is 12.4. The lowest BCUT2D eigenvalue weighted by Gasteiger charge is -2.35. The molecule has 2 rings (SSSR count). The third-order valence-corrected chi connectivity index (χ3v) is 4.32. The molecule has 0 saturated carbocycles. The normalized spacial score (nSPS) is 26.4. The van der Waals surface area contributed by atoms with E-state index in [2.05, 4.69) is 0 Å². The van der Waals surface area contributed by atoms with Crippen molar-refractivity contribution < 1.29 is 14.4 Å². The van der Waals surface area contributed by atoms with Crippen LogP contribution in [0.2, 0.25) is 0 Å². The fourth-order valence-electron chi connectivity index (χ4n) is 3.03.